The molecule has 0 bridgehead atoms. The van der Waals surface area contributed by atoms with E-state index in [0.29, 0.717) is 5.69 Å². The molecule has 21 heavy (non-hydrogen) atoms. The molecule has 3 nitrogen and oxygen atoms in total. The fraction of sp³-hybridized carbons (Fsp3) is 0.188. The Bertz CT molecular complexity index is 643. The van der Waals surface area contributed by atoms with Crippen molar-refractivity contribution in [2.45, 2.75) is 19.4 Å². The number of nitrogens with one attached hydrogen (secondary N) is 1. The Labute approximate surface area is 127 Å². The van der Waals surface area contributed by atoms with E-state index in [2.05, 4.69) is 5.32 Å². The minimum absolute atomic E-state index is 0.0339. The molecule has 2 N–H and O–H groups in total. The lowest BCUT2D eigenvalue weighted by Gasteiger charge is -2.19. The van der Waals surface area contributed by atoms with Gasteiger partial charge in [-0.25, -0.2) is 9.18 Å². The summed E-state index contributed by atoms with van der Waals surface area (Å²) in [7, 11) is 0. The number of anilines is 1. The number of carboxylic acid groups (broad SMARTS) is 1. The molecule has 0 aliphatic heterocycles. The van der Waals surface area contributed by atoms with Crippen molar-refractivity contribution in [2.75, 3.05) is 5.32 Å². The van der Waals surface area contributed by atoms with Crippen molar-refractivity contribution in [1.82, 2.24) is 0 Å². The van der Waals surface area contributed by atoms with Crippen molar-refractivity contribution in [1.29, 1.82) is 0 Å². The third-order valence-corrected chi connectivity index (χ3v) is 3.55. The lowest BCUT2D eigenvalue weighted by molar-refractivity contribution is 0.0697. The predicted octanol–water partition coefficient (Wildman–Crippen LogP) is 4.74. The fourth-order valence-corrected chi connectivity index (χ4v) is 2.29. The smallest absolute Gasteiger partial charge is 0.337 e. The molecule has 0 saturated heterocycles. The first-order valence-electron chi connectivity index (χ1n) is 6.56. The van der Waals surface area contributed by atoms with Gasteiger partial charge >= 0.3 is 5.97 Å². The lowest BCUT2D eigenvalue weighted by atomic mass is 10.0. The van der Waals surface area contributed by atoms with Gasteiger partial charge in [-0.2, -0.15) is 0 Å². The highest BCUT2D eigenvalue weighted by Gasteiger charge is 2.13. The van der Waals surface area contributed by atoms with Crippen LogP contribution in [0.25, 0.3) is 0 Å². The lowest BCUT2D eigenvalue weighted by Crippen LogP contribution is -2.10. The monoisotopic (exact) mass is 307 g/mol. The minimum atomic E-state index is -1.07. The molecule has 0 spiro atoms. The first kappa shape index (κ1) is 15.3. The molecule has 2 aromatic rings. The molecule has 0 fully saturated rings. The maximum Gasteiger partial charge on any atom is 0.337 e. The van der Waals surface area contributed by atoms with Gasteiger partial charge in [0.1, 0.15) is 5.82 Å². The molecule has 2 aromatic carbocycles. The van der Waals surface area contributed by atoms with Gasteiger partial charge in [0.25, 0.3) is 0 Å². The van der Waals surface area contributed by atoms with Gasteiger partial charge in [0.05, 0.1) is 16.6 Å². The van der Waals surface area contributed by atoms with E-state index in [4.69, 9.17) is 16.7 Å². The number of rotatable bonds is 5. The average Bonchev–Trinajstić information content (AvgIpc) is 2.47. The largest absolute Gasteiger partial charge is 0.478 e. The van der Waals surface area contributed by atoms with E-state index in [1.807, 2.05) is 6.92 Å². The summed E-state index contributed by atoms with van der Waals surface area (Å²) in [6.45, 7) is 2.00. The van der Waals surface area contributed by atoms with Gasteiger partial charge in [0, 0.05) is 5.69 Å². The van der Waals surface area contributed by atoms with E-state index >= 15 is 0 Å². The third-order valence-electron chi connectivity index (χ3n) is 3.22. The summed E-state index contributed by atoms with van der Waals surface area (Å²) >= 11 is 5.85. The van der Waals surface area contributed by atoms with Crippen LogP contribution in [0.5, 0.6) is 0 Å². The molecule has 0 aliphatic carbocycles. The Morgan fingerprint density at radius 1 is 1.29 bits per heavy atom. The Kier molecular flexibility index (Phi) is 4.81. The van der Waals surface area contributed by atoms with Crippen molar-refractivity contribution in [3.05, 3.63) is 64.4 Å². The first-order chi connectivity index (χ1) is 10.0. The Hall–Kier alpha value is -2.07. The van der Waals surface area contributed by atoms with E-state index in [0.717, 1.165) is 12.0 Å². The predicted molar refractivity (Wildman–Crippen MR) is 81.5 cm³/mol. The zero-order valence-corrected chi connectivity index (χ0v) is 12.2. The molecular formula is C16H15ClFNO2. The zero-order chi connectivity index (χ0) is 15.4. The summed E-state index contributed by atoms with van der Waals surface area (Å²) in [6, 6.07) is 11.0. The molecule has 0 aliphatic rings. The van der Waals surface area contributed by atoms with Gasteiger partial charge in [0.2, 0.25) is 0 Å². The van der Waals surface area contributed by atoms with Crippen LogP contribution in [0.15, 0.2) is 42.5 Å². The number of halogens is 2. The van der Waals surface area contributed by atoms with Gasteiger partial charge < -0.3 is 10.4 Å². The van der Waals surface area contributed by atoms with Crippen molar-refractivity contribution in [3.63, 3.8) is 0 Å². The van der Waals surface area contributed by atoms with Crippen LogP contribution in [0.3, 0.4) is 0 Å². The minimum Gasteiger partial charge on any atom is -0.478 e. The fourth-order valence-electron chi connectivity index (χ4n) is 2.10. The molecule has 0 radical (unpaired) electrons. The van der Waals surface area contributed by atoms with Crippen LogP contribution in [-0.4, -0.2) is 11.1 Å². The van der Waals surface area contributed by atoms with Crippen molar-refractivity contribution in [3.8, 4) is 0 Å². The number of hydrogen-bond donors (Lipinski definition) is 2. The second-order valence-corrected chi connectivity index (χ2v) is 5.06. The second kappa shape index (κ2) is 6.59. The van der Waals surface area contributed by atoms with Gasteiger partial charge in [-0.3, -0.25) is 0 Å². The highest BCUT2D eigenvalue weighted by Crippen LogP contribution is 2.26. The number of aromatic carboxylic acids is 1. The summed E-state index contributed by atoms with van der Waals surface area (Å²) in [4.78, 5) is 11.1. The molecule has 0 aromatic heterocycles. The Morgan fingerprint density at radius 3 is 2.52 bits per heavy atom. The molecule has 1 atom stereocenters. The normalized spacial score (nSPS) is 12.0. The number of carboxylic acids is 1. The molecule has 1 unspecified atom stereocenters. The number of benzene rings is 2. The molecular weight excluding hydrogens is 293 g/mol. The SMILES string of the molecule is CCC(Nc1ccc(Cl)c(C(=O)O)c1)c1ccc(F)cc1. The van der Waals surface area contributed by atoms with Crippen molar-refractivity contribution >= 4 is 23.3 Å². The standard InChI is InChI=1S/C16H15ClFNO2/c1-2-15(10-3-5-11(18)6-4-10)19-12-7-8-14(17)13(9-12)16(20)21/h3-9,15,19H,2H2,1H3,(H,20,21). The maximum atomic E-state index is 13.0. The Balaban J connectivity index is 2.24. The van der Waals surface area contributed by atoms with E-state index in [9.17, 15) is 9.18 Å². The van der Waals surface area contributed by atoms with E-state index in [1.54, 1.807) is 24.3 Å². The summed E-state index contributed by atoms with van der Waals surface area (Å²) in [6.07, 6.45) is 0.774. The van der Waals surface area contributed by atoms with Crippen LogP contribution in [-0.2, 0) is 0 Å². The van der Waals surface area contributed by atoms with E-state index in [1.165, 1.54) is 18.2 Å². The quantitative estimate of drug-likeness (QED) is 0.838. The average molecular weight is 308 g/mol. The molecule has 0 heterocycles. The summed E-state index contributed by atoms with van der Waals surface area (Å²) in [5.74, 6) is -1.35. The third kappa shape index (κ3) is 3.73. The summed E-state index contributed by atoms with van der Waals surface area (Å²) in [5.41, 5.74) is 1.65. The summed E-state index contributed by atoms with van der Waals surface area (Å²) in [5, 5.41) is 12.5. The molecule has 0 amide bonds. The Morgan fingerprint density at radius 2 is 1.95 bits per heavy atom. The number of carbonyl (C=O) groups is 1. The molecule has 2 rings (SSSR count). The maximum absolute atomic E-state index is 13.0. The number of hydrogen-bond acceptors (Lipinski definition) is 2. The topological polar surface area (TPSA) is 49.3 Å². The van der Waals surface area contributed by atoms with Gasteiger partial charge in [-0.1, -0.05) is 30.7 Å². The van der Waals surface area contributed by atoms with Gasteiger partial charge in [-0.15, -0.1) is 0 Å². The van der Waals surface area contributed by atoms with Gasteiger partial charge in [0.15, 0.2) is 0 Å². The highest BCUT2D eigenvalue weighted by molar-refractivity contribution is 6.33. The highest BCUT2D eigenvalue weighted by atomic mass is 35.5. The molecule has 110 valence electrons. The van der Waals surface area contributed by atoms with E-state index < -0.39 is 5.97 Å². The molecule has 0 saturated carbocycles. The zero-order valence-electron chi connectivity index (χ0n) is 11.4. The second-order valence-electron chi connectivity index (χ2n) is 4.66. The van der Waals surface area contributed by atoms with Crippen LogP contribution in [0.1, 0.15) is 35.3 Å². The van der Waals surface area contributed by atoms with Crippen LogP contribution in [0.4, 0.5) is 10.1 Å². The molecule has 5 heteroatoms. The van der Waals surface area contributed by atoms with Crippen LogP contribution in [0, 0.1) is 5.82 Å². The van der Waals surface area contributed by atoms with Crippen LogP contribution < -0.4 is 5.32 Å². The van der Waals surface area contributed by atoms with Gasteiger partial charge in [-0.05, 0) is 42.3 Å². The first-order valence-corrected chi connectivity index (χ1v) is 6.94. The van der Waals surface area contributed by atoms with Crippen LogP contribution >= 0.6 is 11.6 Å². The summed E-state index contributed by atoms with van der Waals surface area (Å²) < 4.78 is 13.0. The van der Waals surface area contributed by atoms with Crippen LogP contribution in [0.2, 0.25) is 5.02 Å². The van der Waals surface area contributed by atoms with E-state index in [-0.39, 0.29) is 22.4 Å². The van der Waals surface area contributed by atoms with Crippen molar-refractivity contribution < 1.29 is 14.3 Å². The van der Waals surface area contributed by atoms with Crippen molar-refractivity contribution in [2.24, 2.45) is 0 Å².